The van der Waals surface area contributed by atoms with Gasteiger partial charge in [0.1, 0.15) is 6.04 Å². The van der Waals surface area contributed by atoms with Gasteiger partial charge >= 0.3 is 5.97 Å². The van der Waals surface area contributed by atoms with E-state index in [4.69, 9.17) is 15.6 Å². The van der Waals surface area contributed by atoms with Crippen molar-refractivity contribution >= 4 is 17.8 Å². The van der Waals surface area contributed by atoms with Gasteiger partial charge in [-0.05, 0) is 46.0 Å². The maximum atomic E-state index is 12.3. The molecule has 0 heterocycles. The van der Waals surface area contributed by atoms with Crippen molar-refractivity contribution in [1.82, 2.24) is 10.6 Å². The number of unbranched alkanes of at least 4 members (excludes halogenated alkanes) is 1. The summed E-state index contributed by atoms with van der Waals surface area (Å²) in [7, 11) is 0. The van der Waals surface area contributed by atoms with Crippen LogP contribution in [0.2, 0.25) is 0 Å². The van der Waals surface area contributed by atoms with Gasteiger partial charge in [0.05, 0.1) is 5.60 Å². The third kappa shape index (κ3) is 12.4. The molecule has 0 aromatic rings. The van der Waals surface area contributed by atoms with Crippen LogP contribution in [0.3, 0.4) is 0 Å². The largest absolute Gasteiger partial charge is 0.480 e. The SMILES string of the molecule is CC(=O)NCCC(C)(C)OCCC(C)(C)C(=O)NCCCCC(N)C(=O)O. The van der Waals surface area contributed by atoms with E-state index in [0.717, 1.165) is 0 Å². The Morgan fingerprint density at radius 1 is 1.04 bits per heavy atom. The molecule has 1 unspecified atom stereocenters. The van der Waals surface area contributed by atoms with Crippen LogP contribution in [0.15, 0.2) is 0 Å². The van der Waals surface area contributed by atoms with E-state index in [1.54, 1.807) is 0 Å². The van der Waals surface area contributed by atoms with E-state index in [9.17, 15) is 14.4 Å². The van der Waals surface area contributed by atoms with Crippen LogP contribution in [0.1, 0.15) is 66.7 Å². The summed E-state index contributed by atoms with van der Waals surface area (Å²) in [6, 6.07) is -0.844. The van der Waals surface area contributed by atoms with E-state index in [1.165, 1.54) is 6.92 Å². The molecule has 8 heteroatoms. The van der Waals surface area contributed by atoms with Crippen LogP contribution in [-0.4, -0.2) is 54.2 Å². The summed E-state index contributed by atoms with van der Waals surface area (Å²) in [6.07, 6.45) is 3.01. The Balaban J connectivity index is 4.07. The lowest BCUT2D eigenvalue weighted by molar-refractivity contribution is -0.138. The van der Waals surface area contributed by atoms with Crippen molar-refractivity contribution in [2.24, 2.45) is 11.1 Å². The van der Waals surface area contributed by atoms with Gasteiger partial charge in [-0.1, -0.05) is 13.8 Å². The van der Waals surface area contributed by atoms with Crippen LogP contribution in [0, 0.1) is 5.41 Å². The van der Waals surface area contributed by atoms with Gasteiger partial charge in [0.15, 0.2) is 0 Å². The summed E-state index contributed by atoms with van der Waals surface area (Å²) in [5, 5.41) is 14.4. The molecular formula is C19H37N3O5. The Labute approximate surface area is 162 Å². The fourth-order valence-corrected chi connectivity index (χ4v) is 2.36. The molecule has 0 bridgehead atoms. The van der Waals surface area contributed by atoms with E-state index in [-0.39, 0.29) is 17.4 Å². The minimum Gasteiger partial charge on any atom is -0.480 e. The molecule has 0 fully saturated rings. The topological polar surface area (TPSA) is 131 Å². The molecule has 5 N–H and O–H groups in total. The van der Waals surface area contributed by atoms with E-state index >= 15 is 0 Å². The molecular weight excluding hydrogens is 350 g/mol. The van der Waals surface area contributed by atoms with Crippen molar-refractivity contribution in [2.75, 3.05) is 19.7 Å². The average molecular weight is 388 g/mol. The number of carboxylic acid groups (broad SMARTS) is 1. The number of ether oxygens (including phenoxy) is 1. The molecule has 0 aliphatic rings. The first-order valence-corrected chi connectivity index (χ1v) is 9.52. The Hall–Kier alpha value is -1.67. The summed E-state index contributed by atoms with van der Waals surface area (Å²) in [5.74, 6) is -1.11. The number of nitrogens with one attached hydrogen (secondary N) is 2. The second-order valence-corrected chi connectivity index (χ2v) is 8.17. The Bertz CT molecular complexity index is 492. The molecule has 27 heavy (non-hydrogen) atoms. The molecule has 0 aromatic heterocycles. The van der Waals surface area contributed by atoms with Crippen molar-refractivity contribution in [3.05, 3.63) is 0 Å². The molecule has 0 rings (SSSR count). The zero-order chi connectivity index (χ0) is 21.1. The second kappa shape index (κ2) is 11.9. The van der Waals surface area contributed by atoms with E-state index in [2.05, 4.69) is 10.6 Å². The predicted octanol–water partition coefficient (Wildman–Crippen LogP) is 1.42. The molecule has 8 nitrogen and oxygen atoms in total. The highest BCUT2D eigenvalue weighted by Crippen LogP contribution is 2.23. The maximum Gasteiger partial charge on any atom is 0.320 e. The lowest BCUT2D eigenvalue weighted by Gasteiger charge is -2.29. The minimum absolute atomic E-state index is 0.0512. The van der Waals surface area contributed by atoms with Crippen molar-refractivity contribution in [2.45, 2.75) is 78.4 Å². The number of hydrogen-bond donors (Lipinski definition) is 4. The molecule has 1 atom stereocenters. The molecule has 0 radical (unpaired) electrons. The van der Waals surface area contributed by atoms with Gasteiger partial charge < -0.3 is 26.2 Å². The quantitative estimate of drug-likeness (QED) is 0.333. The normalized spacial score (nSPS) is 13.1. The summed E-state index contributed by atoms with van der Waals surface area (Å²) < 4.78 is 5.89. The number of nitrogens with two attached hydrogens (primary N) is 1. The highest BCUT2D eigenvalue weighted by atomic mass is 16.5. The number of hydrogen-bond acceptors (Lipinski definition) is 5. The number of carboxylic acids is 1. The number of aliphatic carboxylic acids is 1. The fourth-order valence-electron chi connectivity index (χ4n) is 2.36. The van der Waals surface area contributed by atoms with Crippen molar-refractivity contribution in [3.8, 4) is 0 Å². The smallest absolute Gasteiger partial charge is 0.320 e. The second-order valence-electron chi connectivity index (χ2n) is 8.17. The summed E-state index contributed by atoms with van der Waals surface area (Å²) in [5.41, 5.74) is 4.50. The lowest BCUT2D eigenvalue weighted by Crippen LogP contribution is -2.39. The Kier molecular flexibility index (Phi) is 11.2. The molecule has 0 aromatic carbocycles. The summed E-state index contributed by atoms with van der Waals surface area (Å²) >= 11 is 0. The number of amides is 2. The maximum absolute atomic E-state index is 12.3. The third-order valence-electron chi connectivity index (χ3n) is 4.48. The van der Waals surface area contributed by atoms with Crippen LogP contribution < -0.4 is 16.4 Å². The molecule has 0 aliphatic carbocycles. The molecule has 158 valence electrons. The highest BCUT2D eigenvalue weighted by Gasteiger charge is 2.28. The lowest BCUT2D eigenvalue weighted by atomic mass is 9.88. The van der Waals surface area contributed by atoms with Gasteiger partial charge in [-0.3, -0.25) is 14.4 Å². The van der Waals surface area contributed by atoms with Gasteiger partial charge in [-0.15, -0.1) is 0 Å². The molecule has 0 saturated heterocycles. The molecule has 0 spiro atoms. The molecule has 0 saturated carbocycles. The first-order valence-electron chi connectivity index (χ1n) is 9.52. The molecule has 0 aliphatic heterocycles. The fraction of sp³-hybridized carbons (Fsp3) is 0.842. The van der Waals surface area contributed by atoms with Crippen molar-refractivity contribution in [1.29, 1.82) is 0 Å². The molecule has 2 amide bonds. The van der Waals surface area contributed by atoms with Crippen LogP contribution in [0.25, 0.3) is 0 Å². The average Bonchev–Trinajstić information content (AvgIpc) is 2.52. The third-order valence-corrected chi connectivity index (χ3v) is 4.48. The first kappa shape index (κ1) is 25.3. The van der Waals surface area contributed by atoms with E-state index < -0.39 is 17.4 Å². The number of carbonyl (C=O) groups is 3. The van der Waals surface area contributed by atoms with Gasteiger partial charge in [0.25, 0.3) is 0 Å². The van der Waals surface area contributed by atoms with Crippen LogP contribution in [-0.2, 0) is 19.1 Å². The Morgan fingerprint density at radius 3 is 2.22 bits per heavy atom. The van der Waals surface area contributed by atoms with Gasteiger partial charge in [-0.25, -0.2) is 0 Å². The van der Waals surface area contributed by atoms with E-state index in [1.807, 2.05) is 27.7 Å². The van der Waals surface area contributed by atoms with Crippen LogP contribution in [0.5, 0.6) is 0 Å². The standard InChI is InChI=1S/C19H37N3O5/c1-14(23)21-12-9-19(4,5)27-13-10-18(2,3)17(26)22-11-7-6-8-15(20)16(24)25/h15H,6-13,20H2,1-5H3,(H,21,23)(H,22,26)(H,24,25). The number of rotatable bonds is 14. The van der Waals surface area contributed by atoms with Crippen LogP contribution >= 0.6 is 0 Å². The zero-order valence-electron chi connectivity index (χ0n) is 17.4. The van der Waals surface area contributed by atoms with Gasteiger partial charge in [-0.2, -0.15) is 0 Å². The van der Waals surface area contributed by atoms with Crippen molar-refractivity contribution < 1.29 is 24.2 Å². The van der Waals surface area contributed by atoms with Gasteiger partial charge in [0, 0.05) is 32.0 Å². The van der Waals surface area contributed by atoms with E-state index in [0.29, 0.717) is 51.8 Å². The Morgan fingerprint density at radius 2 is 1.67 bits per heavy atom. The predicted molar refractivity (Wildman–Crippen MR) is 104 cm³/mol. The monoisotopic (exact) mass is 387 g/mol. The highest BCUT2D eigenvalue weighted by molar-refractivity contribution is 5.81. The van der Waals surface area contributed by atoms with Crippen LogP contribution in [0.4, 0.5) is 0 Å². The van der Waals surface area contributed by atoms with Gasteiger partial charge in [0.2, 0.25) is 11.8 Å². The summed E-state index contributed by atoms with van der Waals surface area (Å²) in [4.78, 5) is 33.9. The first-order chi connectivity index (χ1) is 12.4. The summed E-state index contributed by atoms with van der Waals surface area (Å²) in [6.45, 7) is 10.6. The van der Waals surface area contributed by atoms with Crippen molar-refractivity contribution in [3.63, 3.8) is 0 Å². The zero-order valence-corrected chi connectivity index (χ0v) is 17.4. The number of carbonyl (C=O) groups excluding carboxylic acids is 2. The minimum atomic E-state index is -1.000.